The van der Waals surface area contributed by atoms with Crippen LogP contribution in [0.4, 0.5) is 0 Å². The molecule has 0 atom stereocenters. The number of carbonyl (C=O) groups excluding carboxylic acids is 1. The van der Waals surface area contributed by atoms with E-state index in [9.17, 15) is 9.59 Å². The van der Waals surface area contributed by atoms with Gasteiger partial charge in [0.15, 0.2) is 0 Å². The van der Waals surface area contributed by atoms with Gasteiger partial charge in [0.2, 0.25) is 5.91 Å². The van der Waals surface area contributed by atoms with E-state index in [0.717, 1.165) is 4.57 Å². The Bertz CT molecular complexity index is 414. The Balaban J connectivity index is 3.09. The third-order valence-corrected chi connectivity index (χ3v) is 2.08. The fourth-order valence-corrected chi connectivity index (χ4v) is 1.42. The van der Waals surface area contributed by atoms with Gasteiger partial charge in [0.05, 0.1) is 5.02 Å². The molecule has 4 nitrogen and oxygen atoms in total. The summed E-state index contributed by atoms with van der Waals surface area (Å²) >= 11 is 11.3. The smallest absolute Gasteiger partial charge is 0.269 e. The number of amides is 1. The van der Waals surface area contributed by atoms with Crippen LogP contribution in [0.25, 0.3) is 0 Å². The number of halogens is 2. The van der Waals surface area contributed by atoms with Gasteiger partial charge in [-0.25, -0.2) is 0 Å². The Kier molecular flexibility index (Phi) is 3.55. The molecule has 0 saturated carbocycles. The predicted octanol–water partition coefficient (Wildman–Crippen LogP) is 0.901. The van der Waals surface area contributed by atoms with Gasteiger partial charge in [-0.05, 0) is 6.07 Å². The van der Waals surface area contributed by atoms with Crippen LogP contribution in [0.15, 0.2) is 17.1 Å². The summed E-state index contributed by atoms with van der Waals surface area (Å²) in [6.45, 7) is -0.0877. The number of hydrogen-bond acceptors (Lipinski definition) is 2. The lowest BCUT2D eigenvalue weighted by Gasteiger charge is -2.05. The van der Waals surface area contributed by atoms with Gasteiger partial charge in [-0.1, -0.05) is 23.2 Å². The van der Waals surface area contributed by atoms with Crippen LogP contribution in [0.5, 0.6) is 0 Å². The average Bonchev–Trinajstić information content (AvgIpc) is 2.13. The van der Waals surface area contributed by atoms with Crippen LogP contribution in [0, 0.1) is 0 Å². The summed E-state index contributed by atoms with van der Waals surface area (Å²) in [5, 5.41) is 2.71. The van der Waals surface area contributed by atoms with Gasteiger partial charge in [0.25, 0.3) is 5.56 Å². The highest BCUT2D eigenvalue weighted by molar-refractivity contribution is 6.34. The fraction of sp³-hybridized carbons (Fsp3) is 0.250. The molecule has 1 heterocycles. The first-order chi connectivity index (χ1) is 6.54. The van der Waals surface area contributed by atoms with Crippen LogP contribution in [0.2, 0.25) is 10.0 Å². The van der Waals surface area contributed by atoms with Crippen molar-refractivity contribution < 1.29 is 4.79 Å². The third-order valence-electron chi connectivity index (χ3n) is 1.60. The summed E-state index contributed by atoms with van der Waals surface area (Å²) in [6.07, 6.45) is 1.37. The van der Waals surface area contributed by atoms with E-state index in [1.807, 2.05) is 0 Å². The molecule has 0 spiro atoms. The monoisotopic (exact) mass is 234 g/mol. The molecular weight excluding hydrogens is 227 g/mol. The molecule has 0 aromatic carbocycles. The molecule has 0 aliphatic carbocycles. The molecule has 0 radical (unpaired) electrons. The Morgan fingerprint density at radius 3 is 2.79 bits per heavy atom. The molecule has 0 fully saturated rings. The number of pyridine rings is 1. The normalized spacial score (nSPS) is 9.93. The zero-order valence-electron chi connectivity index (χ0n) is 7.38. The number of aromatic nitrogens is 1. The van der Waals surface area contributed by atoms with Crippen molar-refractivity contribution >= 4 is 29.1 Å². The van der Waals surface area contributed by atoms with Gasteiger partial charge in [0, 0.05) is 13.2 Å². The second-order valence-electron chi connectivity index (χ2n) is 2.61. The number of nitrogens with one attached hydrogen (secondary N) is 1. The van der Waals surface area contributed by atoms with Crippen LogP contribution in [-0.4, -0.2) is 17.5 Å². The number of carbonyl (C=O) groups is 1. The average molecular weight is 235 g/mol. The van der Waals surface area contributed by atoms with Crippen molar-refractivity contribution in [3.63, 3.8) is 0 Å². The second-order valence-corrected chi connectivity index (χ2v) is 3.46. The van der Waals surface area contributed by atoms with Crippen molar-refractivity contribution in [2.45, 2.75) is 6.54 Å². The first kappa shape index (κ1) is 11.1. The van der Waals surface area contributed by atoms with E-state index in [-0.39, 0.29) is 17.5 Å². The van der Waals surface area contributed by atoms with Gasteiger partial charge < -0.3 is 9.88 Å². The molecule has 0 unspecified atom stereocenters. The highest BCUT2D eigenvalue weighted by Gasteiger charge is 2.06. The zero-order valence-corrected chi connectivity index (χ0v) is 8.89. The molecule has 0 saturated heterocycles. The summed E-state index contributed by atoms with van der Waals surface area (Å²) in [7, 11) is 1.49. The highest BCUT2D eigenvalue weighted by atomic mass is 35.5. The van der Waals surface area contributed by atoms with E-state index in [1.54, 1.807) is 0 Å². The molecule has 6 heteroatoms. The van der Waals surface area contributed by atoms with Gasteiger partial charge in [-0.15, -0.1) is 0 Å². The minimum absolute atomic E-state index is 0.00130. The van der Waals surface area contributed by atoms with Gasteiger partial charge in [0.1, 0.15) is 11.6 Å². The SMILES string of the molecule is CNC(=O)Cn1cc(Cl)cc(Cl)c1=O. The van der Waals surface area contributed by atoms with Gasteiger partial charge >= 0.3 is 0 Å². The molecule has 1 aromatic rings. The molecule has 1 aromatic heterocycles. The first-order valence-corrected chi connectivity index (χ1v) is 4.56. The lowest BCUT2D eigenvalue weighted by Crippen LogP contribution is -2.30. The van der Waals surface area contributed by atoms with Crippen LogP contribution in [-0.2, 0) is 11.3 Å². The summed E-state index contributed by atoms with van der Waals surface area (Å²) < 4.78 is 1.16. The first-order valence-electron chi connectivity index (χ1n) is 3.80. The highest BCUT2D eigenvalue weighted by Crippen LogP contribution is 2.10. The van der Waals surface area contributed by atoms with E-state index in [4.69, 9.17) is 23.2 Å². The van der Waals surface area contributed by atoms with Crippen molar-refractivity contribution in [1.82, 2.24) is 9.88 Å². The van der Waals surface area contributed by atoms with Crippen LogP contribution in [0.1, 0.15) is 0 Å². The minimum Gasteiger partial charge on any atom is -0.358 e. The van der Waals surface area contributed by atoms with Crippen LogP contribution >= 0.6 is 23.2 Å². The van der Waals surface area contributed by atoms with Crippen molar-refractivity contribution in [3.8, 4) is 0 Å². The van der Waals surface area contributed by atoms with E-state index >= 15 is 0 Å². The summed E-state index contributed by atoms with van der Waals surface area (Å²) in [6, 6.07) is 1.34. The van der Waals surface area contributed by atoms with Crippen molar-refractivity contribution in [2.75, 3.05) is 7.05 Å². The molecule has 1 amide bonds. The summed E-state index contributed by atoms with van der Waals surface area (Å²) in [5.41, 5.74) is -0.431. The van der Waals surface area contributed by atoms with Crippen molar-refractivity contribution in [1.29, 1.82) is 0 Å². The molecule has 0 aliphatic rings. The molecule has 14 heavy (non-hydrogen) atoms. The number of rotatable bonds is 2. The van der Waals surface area contributed by atoms with Gasteiger partial charge in [-0.3, -0.25) is 9.59 Å². The minimum atomic E-state index is -0.431. The number of likely N-dealkylation sites (N-methyl/N-ethyl adjacent to an activating group) is 1. The zero-order chi connectivity index (χ0) is 10.7. The van der Waals surface area contributed by atoms with Gasteiger partial charge in [-0.2, -0.15) is 0 Å². The number of hydrogen-bond donors (Lipinski definition) is 1. The van der Waals surface area contributed by atoms with E-state index in [1.165, 1.54) is 19.3 Å². The maximum Gasteiger partial charge on any atom is 0.269 e. The Hall–Kier alpha value is -1.00. The lowest BCUT2D eigenvalue weighted by atomic mass is 10.4. The number of nitrogens with zero attached hydrogens (tertiary/aromatic N) is 1. The Morgan fingerprint density at radius 2 is 2.21 bits per heavy atom. The molecular formula is C8H8Cl2N2O2. The lowest BCUT2D eigenvalue weighted by molar-refractivity contribution is -0.121. The van der Waals surface area contributed by atoms with Crippen LogP contribution < -0.4 is 10.9 Å². The van der Waals surface area contributed by atoms with E-state index in [2.05, 4.69) is 5.32 Å². The second kappa shape index (κ2) is 4.48. The standard InChI is InChI=1S/C8H8Cl2N2O2/c1-11-7(13)4-12-3-5(9)2-6(10)8(12)14/h2-3H,4H2,1H3,(H,11,13). The maximum atomic E-state index is 11.4. The van der Waals surface area contributed by atoms with Crippen LogP contribution in [0.3, 0.4) is 0 Å². The van der Waals surface area contributed by atoms with E-state index in [0.29, 0.717) is 5.02 Å². The maximum absolute atomic E-state index is 11.4. The molecule has 76 valence electrons. The Morgan fingerprint density at radius 1 is 1.57 bits per heavy atom. The molecule has 0 aliphatic heterocycles. The van der Waals surface area contributed by atoms with Crippen molar-refractivity contribution in [3.05, 3.63) is 32.7 Å². The topological polar surface area (TPSA) is 51.1 Å². The largest absolute Gasteiger partial charge is 0.358 e. The predicted molar refractivity (Wildman–Crippen MR) is 54.8 cm³/mol. The molecule has 1 rings (SSSR count). The Labute approximate surface area is 90.4 Å². The van der Waals surface area contributed by atoms with E-state index < -0.39 is 5.56 Å². The molecule has 1 N–H and O–H groups in total. The third kappa shape index (κ3) is 2.49. The van der Waals surface area contributed by atoms with Crippen molar-refractivity contribution in [2.24, 2.45) is 0 Å². The summed E-state index contributed by atoms with van der Waals surface area (Å²) in [5.74, 6) is -0.287. The summed E-state index contributed by atoms with van der Waals surface area (Å²) in [4.78, 5) is 22.4. The quantitative estimate of drug-likeness (QED) is 0.827. The fourth-order valence-electron chi connectivity index (χ4n) is 0.916. The molecule has 0 bridgehead atoms.